The fraction of sp³-hybridized carbons (Fsp3) is 0. The summed E-state index contributed by atoms with van der Waals surface area (Å²) in [5.74, 6) is -1.00. The quantitative estimate of drug-likeness (QED) is 0.851. The summed E-state index contributed by atoms with van der Waals surface area (Å²) in [6, 6.07) is 11.7. The molecular formula is C14H9Cl2NO2. The Morgan fingerprint density at radius 3 is 2.58 bits per heavy atom. The van der Waals surface area contributed by atoms with Crippen LogP contribution in [0.5, 0.6) is 0 Å². The zero-order valence-electron chi connectivity index (χ0n) is 9.68. The van der Waals surface area contributed by atoms with Gasteiger partial charge in [0.1, 0.15) is 0 Å². The monoisotopic (exact) mass is 293 g/mol. The molecule has 0 fully saturated rings. The Labute approximate surface area is 120 Å². The van der Waals surface area contributed by atoms with Crippen molar-refractivity contribution in [1.82, 2.24) is 0 Å². The summed E-state index contributed by atoms with van der Waals surface area (Å²) in [5.41, 5.74) is 1.19. The summed E-state index contributed by atoms with van der Waals surface area (Å²) in [6.45, 7) is 0. The Balaban J connectivity index is 2.38. The molecule has 1 N–H and O–H groups in total. The predicted octanol–water partition coefficient (Wildman–Crippen LogP) is 4.44. The first-order valence-corrected chi connectivity index (χ1v) is 6.15. The van der Waals surface area contributed by atoms with E-state index in [1.807, 2.05) is 0 Å². The number of aliphatic imine (C=N–C) groups is 1. The van der Waals surface area contributed by atoms with E-state index in [9.17, 15) is 4.79 Å². The second kappa shape index (κ2) is 5.87. The van der Waals surface area contributed by atoms with Gasteiger partial charge in [-0.3, -0.25) is 4.99 Å². The third kappa shape index (κ3) is 3.13. The van der Waals surface area contributed by atoms with Gasteiger partial charge in [0.25, 0.3) is 0 Å². The summed E-state index contributed by atoms with van der Waals surface area (Å²) in [7, 11) is 0. The lowest BCUT2D eigenvalue weighted by Gasteiger charge is -2.01. The smallest absolute Gasteiger partial charge is 0.336 e. The highest BCUT2D eigenvalue weighted by Crippen LogP contribution is 2.31. The standard InChI is InChI=1S/C14H9Cl2NO2/c15-11-6-3-7-12(13(11)16)17-8-9-4-1-2-5-10(9)14(18)19/h1-8H,(H,18,19). The first-order valence-electron chi connectivity index (χ1n) is 5.40. The van der Waals surface area contributed by atoms with E-state index in [-0.39, 0.29) is 5.56 Å². The minimum absolute atomic E-state index is 0.185. The van der Waals surface area contributed by atoms with Gasteiger partial charge in [0.15, 0.2) is 0 Å². The molecule has 5 heteroatoms. The van der Waals surface area contributed by atoms with Crippen molar-refractivity contribution in [3.05, 3.63) is 63.6 Å². The predicted molar refractivity (Wildman–Crippen MR) is 77.1 cm³/mol. The van der Waals surface area contributed by atoms with E-state index in [1.54, 1.807) is 36.4 Å². The number of benzene rings is 2. The van der Waals surface area contributed by atoms with Crippen LogP contribution in [0, 0.1) is 0 Å². The molecule has 0 saturated heterocycles. The van der Waals surface area contributed by atoms with Crippen LogP contribution in [0.25, 0.3) is 0 Å². The Morgan fingerprint density at radius 2 is 1.84 bits per heavy atom. The lowest BCUT2D eigenvalue weighted by Crippen LogP contribution is -2.01. The van der Waals surface area contributed by atoms with E-state index < -0.39 is 5.97 Å². The van der Waals surface area contributed by atoms with Crippen LogP contribution in [-0.4, -0.2) is 17.3 Å². The van der Waals surface area contributed by atoms with Crippen LogP contribution in [0.2, 0.25) is 10.0 Å². The third-order valence-corrected chi connectivity index (χ3v) is 3.27. The van der Waals surface area contributed by atoms with Gasteiger partial charge in [-0.25, -0.2) is 4.79 Å². The van der Waals surface area contributed by atoms with Crippen molar-refractivity contribution in [2.45, 2.75) is 0 Å². The van der Waals surface area contributed by atoms with Gasteiger partial charge in [0, 0.05) is 11.8 Å². The molecule has 0 bridgehead atoms. The van der Waals surface area contributed by atoms with Crippen LogP contribution in [0.1, 0.15) is 15.9 Å². The van der Waals surface area contributed by atoms with E-state index >= 15 is 0 Å². The SMILES string of the molecule is O=C(O)c1ccccc1C=Nc1cccc(Cl)c1Cl. The molecular weight excluding hydrogens is 285 g/mol. The molecule has 96 valence electrons. The molecule has 0 amide bonds. The highest BCUT2D eigenvalue weighted by Gasteiger charge is 2.07. The van der Waals surface area contributed by atoms with E-state index in [0.717, 1.165) is 0 Å². The van der Waals surface area contributed by atoms with Crippen molar-refractivity contribution < 1.29 is 9.90 Å². The molecule has 2 aromatic carbocycles. The molecule has 0 heterocycles. The third-order valence-electron chi connectivity index (χ3n) is 2.47. The van der Waals surface area contributed by atoms with Crippen molar-refractivity contribution >= 4 is 41.1 Å². The molecule has 0 aromatic heterocycles. The highest BCUT2D eigenvalue weighted by molar-refractivity contribution is 6.43. The fourth-order valence-corrected chi connectivity index (χ4v) is 1.88. The summed E-state index contributed by atoms with van der Waals surface area (Å²) < 4.78 is 0. The van der Waals surface area contributed by atoms with Crippen LogP contribution in [0.4, 0.5) is 5.69 Å². The molecule has 0 atom stereocenters. The number of carbonyl (C=O) groups is 1. The lowest BCUT2D eigenvalue weighted by molar-refractivity contribution is 0.0697. The van der Waals surface area contributed by atoms with Crippen LogP contribution in [0.15, 0.2) is 47.5 Å². The Bertz CT molecular complexity index is 654. The molecule has 2 aromatic rings. The Hall–Kier alpha value is -1.84. The van der Waals surface area contributed by atoms with Gasteiger partial charge in [-0.1, -0.05) is 47.5 Å². The molecule has 0 unspecified atom stereocenters. The van der Waals surface area contributed by atoms with Crippen LogP contribution >= 0.6 is 23.2 Å². The molecule has 2 rings (SSSR count). The summed E-state index contributed by atoms with van der Waals surface area (Å²) in [4.78, 5) is 15.2. The van der Waals surface area contributed by atoms with E-state index in [2.05, 4.69) is 4.99 Å². The Kier molecular flexibility index (Phi) is 4.20. The molecule has 0 aliphatic heterocycles. The molecule has 0 aliphatic carbocycles. The maximum Gasteiger partial charge on any atom is 0.336 e. The number of rotatable bonds is 3. The minimum Gasteiger partial charge on any atom is -0.478 e. The van der Waals surface area contributed by atoms with Crippen LogP contribution in [-0.2, 0) is 0 Å². The van der Waals surface area contributed by atoms with Gasteiger partial charge in [0.05, 0.1) is 21.3 Å². The molecule has 0 aliphatic rings. The number of carboxylic acids is 1. The first kappa shape index (κ1) is 13.6. The number of hydrogen-bond acceptors (Lipinski definition) is 2. The van der Waals surface area contributed by atoms with Gasteiger partial charge in [-0.2, -0.15) is 0 Å². The summed E-state index contributed by atoms with van der Waals surface area (Å²) in [6.07, 6.45) is 1.46. The van der Waals surface area contributed by atoms with Gasteiger partial charge >= 0.3 is 5.97 Å². The normalized spacial score (nSPS) is 10.8. The van der Waals surface area contributed by atoms with Crippen LogP contribution in [0.3, 0.4) is 0 Å². The highest BCUT2D eigenvalue weighted by atomic mass is 35.5. The Morgan fingerprint density at radius 1 is 1.11 bits per heavy atom. The maximum atomic E-state index is 11.0. The number of halogens is 2. The zero-order chi connectivity index (χ0) is 13.8. The van der Waals surface area contributed by atoms with Crippen molar-refractivity contribution in [3.63, 3.8) is 0 Å². The largest absolute Gasteiger partial charge is 0.478 e. The average Bonchev–Trinajstić information content (AvgIpc) is 2.40. The van der Waals surface area contributed by atoms with E-state index in [4.69, 9.17) is 28.3 Å². The summed E-state index contributed by atoms with van der Waals surface area (Å²) >= 11 is 11.9. The molecule has 0 saturated carbocycles. The molecule has 3 nitrogen and oxygen atoms in total. The maximum absolute atomic E-state index is 11.0. The number of carboxylic acid groups (broad SMARTS) is 1. The van der Waals surface area contributed by atoms with E-state index in [0.29, 0.717) is 21.3 Å². The molecule has 0 radical (unpaired) electrons. The van der Waals surface area contributed by atoms with Crippen molar-refractivity contribution in [3.8, 4) is 0 Å². The van der Waals surface area contributed by atoms with Gasteiger partial charge < -0.3 is 5.11 Å². The van der Waals surface area contributed by atoms with Crippen LogP contribution < -0.4 is 0 Å². The molecule has 19 heavy (non-hydrogen) atoms. The summed E-state index contributed by atoms with van der Waals surface area (Å²) in [5, 5.41) is 9.80. The number of nitrogens with zero attached hydrogens (tertiary/aromatic N) is 1. The van der Waals surface area contributed by atoms with Crippen molar-refractivity contribution in [1.29, 1.82) is 0 Å². The lowest BCUT2D eigenvalue weighted by atomic mass is 10.1. The number of aromatic carboxylic acids is 1. The first-order chi connectivity index (χ1) is 9.09. The second-order valence-corrected chi connectivity index (χ2v) is 4.51. The van der Waals surface area contributed by atoms with Gasteiger partial charge in [0.2, 0.25) is 0 Å². The van der Waals surface area contributed by atoms with E-state index in [1.165, 1.54) is 12.3 Å². The van der Waals surface area contributed by atoms with Gasteiger partial charge in [-0.05, 0) is 18.2 Å². The van der Waals surface area contributed by atoms with Gasteiger partial charge in [-0.15, -0.1) is 0 Å². The fourth-order valence-electron chi connectivity index (χ4n) is 1.54. The second-order valence-electron chi connectivity index (χ2n) is 3.72. The number of hydrogen-bond donors (Lipinski definition) is 1. The average molecular weight is 294 g/mol. The minimum atomic E-state index is -1.00. The topological polar surface area (TPSA) is 49.7 Å². The zero-order valence-corrected chi connectivity index (χ0v) is 11.2. The van der Waals surface area contributed by atoms with Crippen molar-refractivity contribution in [2.24, 2.45) is 4.99 Å². The van der Waals surface area contributed by atoms with Crippen molar-refractivity contribution in [2.75, 3.05) is 0 Å². The molecule has 0 spiro atoms.